The largest absolute Gasteiger partial charge is 0.391 e. The molecule has 1 atom stereocenters. The van der Waals surface area contributed by atoms with Crippen molar-refractivity contribution in [2.24, 2.45) is 5.92 Å². The molecule has 2 N–H and O–H groups in total. The molecule has 0 spiro atoms. The highest BCUT2D eigenvalue weighted by Crippen LogP contribution is 2.32. The summed E-state index contributed by atoms with van der Waals surface area (Å²) < 4.78 is 6.07. The van der Waals surface area contributed by atoms with Gasteiger partial charge in [-0.2, -0.15) is 5.10 Å². The minimum Gasteiger partial charge on any atom is -0.391 e. The van der Waals surface area contributed by atoms with Crippen LogP contribution in [0.1, 0.15) is 23.3 Å². The molecule has 20 heavy (non-hydrogen) atoms. The van der Waals surface area contributed by atoms with Gasteiger partial charge in [0.15, 0.2) is 0 Å². The second-order valence-corrected chi connectivity index (χ2v) is 4.89. The van der Waals surface area contributed by atoms with Gasteiger partial charge in [-0.25, -0.2) is 4.68 Å². The van der Waals surface area contributed by atoms with E-state index < -0.39 is 12.0 Å². The van der Waals surface area contributed by atoms with Gasteiger partial charge < -0.3 is 15.2 Å². The molecule has 1 heterocycles. The van der Waals surface area contributed by atoms with Crippen LogP contribution in [-0.2, 0) is 11.3 Å². The summed E-state index contributed by atoms with van der Waals surface area (Å²) >= 11 is 0. The Balaban J connectivity index is 1.96. The van der Waals surface area contributed by atoms with Crippen LogP contribution in [0.25, 0.3) is 0 Å². The number of hydrogen-bond acceptors (Lipinski definition) is 5. The average molecular weight is 281 g/mol. The predicted octanol–water partition coefficient (Wildman–Crippen LogP) is -0.610. The zero-order valence-electron chi connectivity index (χ0n) is 11.4. The lowest BCUT2D eigenvalue weighted by molar-refractivity contribution is 0.0893. The summed E-state index contributed by atoms with van der Waals surface area (Å²) in [5.41, 5.74) is -0.125. The molecule has 7 nitrogen and oxygen atoms in total. The van der Waals surface area contributed by atoms with E-state index in [9.17, 15) is 14.7 Å². The van der Waals surface area contributed by atoms with E-state index in [2.05, 4.69) is 10.4 Å². The van der Waals surface area contributed by atoms with Crippen LogP contribution in [-0.4, -0.2) is 47.2 Å². The standard InChI is InChI=1S/C13H19N3O4/c1-20-7-6-16-12(18)5-4-10(15-16)13(19)14-8-11(17)9-2-3-9/h4-5,9,11,17H,2-3,6-8H2,1H3,(H,14,19). The number of aliphatic hydroxyl groups is 1. The van der Waals surface area contributed by atoms with Gasteiger partial charge in [0.05, 0.1) is 19.3 Å². The second kappa shape index (κ2) is 6.62. The summed E-state index contributed by atoms with van der Waals surface area (Å²) in [7, 11) is 1.53. The molecule has 110 valence electrons. The van der Waals surface area contributed by atoms with E-state index >= 15 is 0 Å². The molecule has 1 aliphatic carbocycles. The maximum Gasteiger partial charge on any atom is 0.271 e. The maximum atomic E-state index is 11.9. The van der Waals surface area contributed by atoms with Crippen molar-refractivity contribution in [1.29, 1.82) is 0 Å². The van der Waals surface area contributed by atoms with Crippen molar-refractivity contribution in [2.45, 2.75) is 25.5 Å². The normalized spacial score (nSPS) is 15.9. The van der Waals surface area contributed by atoms with Crippen LogP contribution in [0, 0.1) is 5.92 Å². The fourth-order valence-corrected chi connectivity index (χ4v) is 1.84. The lowest BCUT2D eigenvalue weighted by Crippen LogP contribution is -2.35. The molecule has 0 bridgehead atoms. The minimum atomic E-state index is -0.502. The van der Waals surface area contributed by atoms with E-state index in [1.54, 1.807) is 0 Å². The fraction of sp³-hybridized carbons (Fsp3) is 0.615. The molecule has 7 heteroatoms. The van der Waals surface area contributed by atoms with E-state index in [0.29, 0.717) is 19.1 Å². The summed E-state index contributed by atoms with van der Waals surface area (Å²) in [5, 5.41) is 16.3. The van der Waals surface area contributed by atoms with Crippen molar-refractivity contribution in [3.8, 4) is 0 Å². The third-order valence-electron chi connectivity index (χ3n) is 3.24. The first-order chi connectivity index (χ1) is 9.61. The highest BCUT2D eigenvalue weighted by molar-refractivity contribution is 5.91. The molecule has 0 aliphatic heterocycles. The molecular formula is C13H19N3O4. The number of hydrogen-bond donors (Lipinski definition) is 2. The highest BCUT2D eigenvalue weighted by atomic mass is 16.5. The fourth-order valence-electron chi connectivity index (χ4n) is 1.84. The smallest absolute Gasteiger partial charge is 0.271 e. The quantitative estimate of drug-likeness (QED) is 0.695. The van der Waals surface area contributed by atoms with Crippen molar-refractivity contribution < 1.29 is 14.6 Å². The molecule has 0 saturated heterocycles. The van der Waals surface area contributed by atoms with Crippen LogP contribution in [0.3, 0.4) is 0 Å². The van der Waals surface area contributed by atoms with Gasteiger partial charge in [0.25, 0.3) is 11.5 Å². The Bertz CT molecular complexity index is 525. The van der Waals surface area contributed by atoms with Gasteiger partial charge in [0.1, 0.15) is 5.69 Å². The molecule has 0 radical (unpaired) electrons. The molecule has 1 unspecified atom stereocenters. The van der Waals surface area contributed by atoms with Crippen molar-refractivity contribution in [2.75, 3.05) is 20.3 Å². The van der Waals surface area contributed by atoms with Gasteiger partial charge in [-0.3, -0.25) is 9.59 Å². The number of carbonyl (C=O) groups is 1. The summed E-state index contributed by atoms with van der Waals surface area (Å²) in [6, 6.07) is 2.68. The predicted molar refractivity (Wildman–Crippen MR) is 71.4 cm³/mol. The van der Waals surface area contributed by atoms with E-state index in [0.717, 1.165) is 12.8 Å². The Kier molecular flexibility index (Phi) is 4.86. The summed E-state index contributed by atoms with van der Waals surface area (Å²) in [6.45, 7) is 0.849. The zero-order chi connectivity index (χ0) is 14.5. The number of rotatable bonds is 7. The second-order valence-electron chi connectivity index (χ2n) is 4.89. The van der Waals surface area contributed by atoms with Crippen LogP contribution in [0.4, 0.5) is 0 Å². The van der Waals surface area contributed by atoms with Crippen molar-refractivity contribution in [3.05, 3.63) is 28.2 Å². The molecule has 1 aliphatic rings. The molecule has 1 fully saturated rings. The van der Waals surface area contributed by atoms with Crippen molar-refractivity contribution >= 4 is 5.91 Å². The minimum absolute atomic E-state index is 0.156. The summed E-state index contributed by atoms with van der Waals surface area (Å²) in [4.78, 5) is 23.4. The molecule has 0 aromatic carbocycles. The maximum absolute atomic E-state index is 11.9. The molecule has 1 amide bonds. The number of aromatic nitrogens is 2. The number of nitrogens with one attached hydrogen (secondary N) is 1. The lowest BCUT2D eigenvalue weighted by Gasteiger charge is -2.11. The molecule has 2 rings (SSSR count). The highest BCUT2D eigenvalue weighted by Gasteiger charge is 2.29. The van der Waals surface area contributed by atoms with Gasteiger partial charge in [-0.05, 0) is 24.8 Å². The molecular weight excluding hydrogens is 262 g/mol. The number of methoxy groups -OCH3 is 1. The van der Waals surface area contributed by atoms with E-state index in [4.69, 9.17) is 4.74 Å². The summed E-state index contributed by atoms with van der Waals surface area (Å²) in [5.74, 6) is -0.0882. The van der Waals surface area contributed by atoms with E-state index in [-0.39, 0.29) is 17.8 Å². The van der Waals surface area contributed by atoms with Crippen molar-refractivity contribution in [3.63, 3.8) is 0 Å². The third kappa shape index (κ3) is 3.88. The SMILES string of the molecule is COCCn1nc(C(=O)NCC(O)C2CC2)ccc1=O. The van der Waals surface area contributed by atoms with Crippen LogP contribution in [0.5, 0.6) is 0 Å². The molecule has 1 saturated carbocycles. The topological polar surface area (TPSA) is 93.5 Å². The zero-order valence-corrected chi connectivity index (χ0v) is 11.4. The molecule has 1 aromatic rings. The van der Waals surface area contributed by atoms with Gasteiger partial charge in [0, 0.05) is 19.7 Å². The Morgan fingerprint density at radius 1 is 1.60 bits per heavy atom. The van der Waals surface area contributed by atoms with Gasteiger partial charge in [-0.15, -0.1) is 0 Å². The molecule has 1 aromatic heterocycles. The van der Waals surface area contributed by atoms with Crippen molar-refractivity contribution in [1.82, 2.24) is 15.1 Å². The van der Waals surface area contributed by atoms with Crippen LogP contribution in [0.2, 0.25) is 0 Å². The van der Waals surface area contributed by atoms with Gasteiger partial charge in [-0.1, -0.05) is 0 Å². The first kappa shape index (κ1) is 14.7. The van der Waals surface area contributed by atoms with Crippen LogP contribution >= 0.6 is 0 Å². The third-order valence-corrected chi connectivity index (χ3v) is 3.24. The first-order valence-electron chi connectivity index (χ1n) is 6.65. The lowest BCUT2D eigenvalue weighted by atomic mass is 10.2. The number of ether oxygens (including phenoxy) is 1. The van der Waals surface area contributed by atoms with Crippen LogP contribution < -0.4 is 10.9 Å². The Labute approximate surface area is 116 Å². The van der Waals surface area contributed by atoms with Crippen LogP contribution in [0.15, 0.2) is 16.9 Å². The number of aliphatic hydroxyl groups excluding tert-OH is 1. The van der Waals surface area contributed by atoms with E-state index in [1.165, 1.54) is 23.9 Å². The summed E-state index contributed by atoms with van der Waals surface area (Å²) in [6.07, 6.45) is 1.52. The Morgan fingerprint density at radius 3 is 3.00 bits per heavy atom. The number of carbonyl (C=O) groups excluding carboxylic acids is 1. The van der Waals surface area contributed by atoms with Gasteiger partial charge in [0.2, 0.25) is 0 Å². The first-order valence-corrected chi connectivity index (χ1v) is 6.65. The Morgan fingerprint density at radius 2 is 2.35 bits per heavy atom. The average Bonchev–Trinajstić information content (AvgIpc) is 3.28. The monoisotopic (exact) mass is 281 g/mol. The number of amides is 1. The number of nitrogens with zero attached hydrogens (tertiary/aromatic N) is 2. The van der Waals surface area contributed by atoms with Gasteiger partial charge >= 0.3 is 0 Å². The van der Waals surface area contributed by atoms with E-state index in [1.807, 2.05) is 0 Å². The Hall–Kier alpha value is -1.73.